The maximum Gasteiger partial charge on any atom is 0.241 e. The van der Waals surface area contributed by atoms with Crippen molar-refractivity contribution in [3.63, 3.8) is 0 Å². The summed E-state index contributed by atoms with van der Waals surface area (Å²) >= 11 is 0. The van der Waals surface area contributed by atoms with Gasteiger partial charge in [0, 0.05) is 18.9 Å². The van der Waals surface area contributed by atoms with Gasteiger partial charge in [0.25, 0.3) is 0 Å². The Morgan fingerprint density at radius 1 is 1.30 bits per heavy atom. The van der Waals surface area contributed by atoms with Gasteiger partial charge < -0.3 is 20.9 Å². The van der Waals surface area contributed by atoms with Gasteiger partial charge in [-0.3, -0.25) is 9.59 Å². The number of likely N-dealkylation sites (N-methyl/N-ethyl adjacent to an activating group) is 1. The molecule has 4 N–H and O–H groups in total. The van der Waals surface area contributed by atoms with Crippen molar-refractivity contribution in [1.82, 2.24) is 9.88 Å². The third kappa shape index (κ3) is 4.71. The van der Waals surface area contributed by atoms with Crippen molar-refractivity contribution >= 4 is 40.8 Å². The molecule has 1 heterocycles. The minimum Gasteiger partial charge on any atom is -0.358 e. The Labute approximate surface area is 141 Å². The van der Waals surface area contributed by atoms with Crippen LogP contribution in [0.1, 0.15) is 19.8 Å². The number of fused-ring (bicyclic) bond motifs is 1. The molecule has 1 aromatic heterocycles. The monoisotopic (exact) mass is 338 g/mol. The number of nitrogens with two attached hydrogens (primary N) is 1. The Morgan fingerprint density at radius 2 is 2.04 bits per heavy atom. The van der Waals surface area contributed by atoms with E-state index in [0.29, 0.717) is 12.1 Å². The van der Waals surface area contributed by atoms with Crippen LogP contribution < -0.4 is 16.4 Å². The van der Waals surface area contributed by atoms with E-state index in [4.69, 9.17) is 5.73 Å². The molecule has 0 saturated heterocycles. The van der Waals surface area contributed by atoms with Gasteiger partial charge in [0.2, 0.25) is 11.8 Å². The quantitative estimate of drug-likeness (QED) is 0.751. The van der Waals surface area contributed by atoms with Crippen molar-refractivity contribution in [3.8, 4) is 0 Å². The Bertz CT molecular complexity index is 684. The average Bonchev–Trinajstić information content (AvgIpc) is 2.89. The summed E-state index contributed by atoms with van der Waals surface area (Å²) in [7, 11) is 1.61. The summed E-state index contributed by atoms with van der Waals surface area (Å²) in [5.41, 5.74) is 7.39. The molecule has 6 nitrogen and oxygen atoms in total. The molecule has 0 aliphatic carbocycles. The molecule has 0 spiro atoms. The maximum absolute atomic E-state index is 12.0. The lowest BCUT2D eigenvalue weighted by Gasteiger charge is -2.12. The molecule has 126 valence electrons. The number of hydrogen-bond acceptors (Lipinski definition) is 3. The van der Waals surface area contributed by atoms with Crippen molar-refractivity contribution in [3.05, 3.63) is 30.5 Å². The average molecular weight is 339 g/mol. The molecule has 2 rings (SSSR count). The van der Waals surface area contributed by atoms with Crippen LogP contribution in [-0.4, -0.2) is 29.5 Å². The molecule has 0 aliphatic heterocycles. The highest BCUT2D eigenvalue weighted by Crippen LogP contribution is 2.20. The fraction of sp³-hybridized carbons (Fsp3) is 0.375. The molecule has 0 radical (unpaired) electrons. The SMILES string of the molecule is CCCC(N)C(=O)Nc1ccc2ccn(CC(=O)NC)c2c1.Cl. The second kappa shape index (κ2) is 8.55. The van der Waals surface area contributed by atoms with Gasteiger partial charge in [-0.15, -0.1) is 12.4 Å². The molecule has 1 unspecified atom stereocenters. The highest BCUT2D eigenvalue weighted by molar-refractivity contribution is 5.96. The lowest BCUT2D eigenvalue weighted by molar-refractivity contribution is -0.121. The first kappa shape index (κ1) is 19.0. The zero-order chi connectivity index (χ0) is 16.1. The zero-order valence-corrected chi connectivity index (χ0v) is 14.2. The Balaban J connectivity index is 0.00000264. The zero-order valence-electron chi connectivity index (χ0n) is 13.3. The fourth-order valence-corrected chi connectivity index (χ4v) is 2.31. The summed E-state index contributed by atoms with van der Waals surface area (Å²) in [5.74, 6) is -0.262. The first-order chi connectivity index (χ1) is 10.5. The molecule has 0 saturated carbocycles. The number of anilines is 1. The number of aromatic nitrogens is 1. The van der Waals surface area contributed by atoms with Crippen molar-refractivity contribution in [2.75, 3.05) is 12.4 Å². The van der Waals surface area contributed by atoms with Gasteiger partial charge in [0.1, 0.15) is 6.54 Å². The maximum atomic E-state index is 12.0. The van der Waals surface area contributed by atoms with Gasteiger partial charge in [0.05, 0.1) is 11.6 Å². The molecular weight excluding hydrogens is 316 g/mol. The Kier molecular flexibility index (Phi) is 7.06. The van der Waals surface area contributed by atoms with Crippen molar-refractivity contribution < 1.29 is 9.59 Å². The summed E-state index contributed by atoms with van der Waals surface area (Å²) in [6, 6.07) is 7.04. The molecule has 0 bridgehead atoms. The van der Waals surface area contributed by atoms with Gasteiger partial charge in [0.15, 0.2) is 0 Å². The van der Waals surface area contributed by atoms with Crippen LogP contribution in [0.15, 0.2) is 30.5 Å². The molecule has 2 amide bonds. The van der Waals surface area contributed by atoms with E-state index < -0.39 is 6.04 Å². The van der Waals surface area contributed by atoms with E-state index in [0.717, 1.165) is 17.3 Å². The largest absolute Gasteiger partial charge is 0.358 e. The number of nitrogens with zero attached hydrogens (tertiary/aromatic N) is 1. The molecule has 0 aliphatic rings. The molecule has 1 aromatic carbocycles. The molecular formula is C16H23ClN4O2. The minimum atomic E-state index is -0.502. The van der Waals surface area contributed by atoms with Crippen molar-refractivity contribution in [2.45, 2.75) is 32.4 Å². The highest BCUT2D eigenvalue weighted by atomic mass is 35.5. The number of carbonyl (C=O) groups excluding carboxylic acids is 2. The molecule has 7 heteroatoms. The predicted molar refractivity (Wildman–Crippen MR) is 94.8 cm³/mol. The Morgan fingerprint density at radius 3 is 2.70 bits per heavy atom. The van der Waals surface area contributed by atoms with E-state index in [2.05, 4.69) is 10.6 Å². The third-order valence-corrected chi connectivity index (χ3v) is 3.57. The summed E-state index contributed by atoms with van der Waals surface area (Å²) < 4.78 is 1.84. The van der Waals surface area contributed by atoms with E-state index in [1.54, 1.807) is 7.05 Å². The number of nitrogens with one attached hydrogen (secondary N) is 2. The lowest BCUT2D eigenvalue weighted by atomic mass is 10.1. The second-order valence-corrected chi connectivity index (χ2v) is 5.27. The fourth-order valence-electron chi connectivity index (χ4n) is 2.31. The van der Waals surface area contributed by atoms with Crippen LogP contribution in [0, 0.1) is 0 Å². The molecule has 1 atom stereocenters. The minimum absolute atomic E-state index is 0. The molecule has 2 aromatic rings. The number of hydrogen-bond donors (Lipinski definition) is 3. The molecule has 23 heavy (non-hydrogen) atoms. The van der Waals surface area contributed by atoms with Gasteiger partial charge in [-0.2, -0.15) is 0 Å². The van der Waals surface area contributed by atoms with E-state index >= 15 is 0 Å². The van der Waals surface area contributed by atoms with Crippen LogP contribution in [-0.2, 0) is 16.1 Å². The van der Waals surface area contributed by atoms with Crippen LogP contribution in [0.3, 0.4) is 0 Å². The predicted octanol–water partition coefficient (Wildman–Crippen LogP) is 1.87. The lowest BCUT2D eigenvalue weighted by Crippen LogP contribution is -2.35. The van der Waals surface area contributed by atoms with E-state index in [-0.39, 0.29) is 30.8 Å². The van der Waals surface area contributed by atoms with Crippen LogP contribution >= 0.6 is 12.4 Å². The summed E-state index contributed by atoms with van der Waals surface area (Å²) in [6.45, 7) is 2.23. The standard InChI is InChI=1S/C16H22N4O2.ClH/c1-3-4-13(17)16(22)19-12-6-5-11-7-8-20(14(11)9-12)10-15(21)18-2;/h5-9,13H,3-4,10,17H2,1-2H3,(H,18,21)(H,19,22);1H. The normalized spacial score (nSPS) is 11.6. The van der Waals surface area contributed by atoms with Gasteiger partial charge in [-0.1, -0.05) is 19.4 Å². The van der Waals surface area contributed by atoms with E-state index in [1.165, 1.54) is 0 Å². The van der Waals surface area contributed by atoms with Crippen molar-refractivity contribution in [1.29, 1.82) is 0 Å². The smallest absolute Gasteiger partial charge is 0.241 e. The summed E-state index contributed by atoms with van der Waals surface area (Å²) in [4.78, 5) is 23.5. The number of rotatable bonds is 6. The van der Waals surface area contributed by atoms with Gasteiger partial charge >= 0.3 is 0 Å². The Hall–Kier alpha value is -2.05. The van der Waals surface area contributed by atoms with Crippen LogP contribution in [0.25, 0.3) is 10.9 Å². The van der Waals surface area contributed by atoms with E-state index in [1.807, 2.05) is 42.0 Å². The van der Waals surface area contributed by atoms with Crippen LogP contribution in [0.2, 0.25) is 0 Å². The van der Waals surface area contributed by atoms with Gasteiger partial charge in [-0.25, -0.2) is 0 Å². The summed E-state index contributed by atoms with van der Waals surface area (Å²) in [5, 5.41) is 6.44. The first-order valence-corrected chi connectivity index (χ1v) is 7.41. The van der Waals surface area contributed by atoms with Crippen LogP contribution in [0.4, 0.5) is 5.69 Å². The second-order valence-electron chi connectivity index (χ2n) is 5.27. The van der Waals surface area contributed by atoms with Crippen molar-refractivity contribution in [2.24, 2.45) is 5.73 Å². The number of halogens is 1. The van der Waals surface area contributed by atoms with Gasteiger partial charge in [-0.05, 0) is 30.0 Å². The number of benzene rings is 1. The number of carbonyl (C=O) groups is 2. The number of amides is 2. The molecule has 0 fully saturated rings. The first-order valence-electron chi connectivity index (χ1n) is 7.41. The topological polar surface area (TPSA) is 89.2 Å². The summed E-state index contributed by atoms with van der Waals surface area (Å²) in [6.07, 6.45) is 3.37. The van der Waals surface area contributed by atoms with E-state index in [9.17, 15) is 9.59 Å². The van der Waals surface area contributed by atoms with Crippen LogP contribution in [0.5, 0.6) is 0 Å². The third-order valence-electron chi connectivity index (χ3n) is 3.57. The highest BCUT2D eigenvalue weighted by Gasteiger charge is 2.13.